The highest BCUT2D eigenvalue weighted by molar-refractivity contribution is 7.89. The van der Waals surface area contributed by atoms with E-state index in [1.807, 2.05) is 19.1 Å². The van der Waals surface area contributed by atoms with Gasteiger partial charge < -0.3 is 10.1 Å². The van der Waals surface area contributed by atoms with E-state index in [2.05, 4.69) is 5.32 Å². The van der Waals surface area contributed by atoms with Crippen LogP contribution in [0.3, 0.4) is 0 Å². The molecule has 0 radical (unpaired) electrons. The van der Waals surface area contributed by atoms with Crippen LogP contribution in [0.4, 0.5) is 0 Å². The Hall–Kier alpha value is -1.93. The molecule has 0 saturated carbocycles. The lowest BCUT2D eigenvalue weighted by molar-refractivity contribution is 0.0730. The van der Waals surface area contributed by atoms with Crippen molar-refractivity contribution in [3.63, 3.8) is 0 Å². The second kappa shape index (κ2) is 8.61. The lowest BCUT2D eigenvalue weighted by Crippen LogP contribution is -2.41. The summed E-state index contributed by atoms with van der Waals surface area (Å²) in [5.41, 5.74) is 1.77. The molecule has 2 aromatic carbocycles. The van der Waals surface area contributed by atoms with Crippen LogP contribution < -0.4 is 5.32 Å². The number of carbonyl (C=O) groups is 1. The number of hydrogen-bond donors (Lipinski definition) is 1. The predicted molar refractivity (Wildman–Crippen MR) is 108 cm³/mol. The van der Waals surface area contributed by atoms with Crippen molar-refractivity contribution in [1.29, 1.82) is 0 Å². The third-order valence-corrected chi connectivity index (χ3v) is 7.01. The van der Waals surface area contributed by atoms with E-state index in [1.165, 1.54) is 10.4 Å². The standard InChI is InChI=1S/C20H23ClN2O4S/c1-14-6-7-17(13-19(14)28(25,26)23-8-10-27-11-9-23)20(24)22-15(2)16-4-3-5-18(21)12-16/h3-7,12-13,15H,8-11H2,1-2H3,(H,22,24). The van der Waals surface area contributed by atoms with Crippen molar-refractivity contribution in [2.24, 2.45) is 0 Å². The van der Waals surface area contributed by atoms with Gasteiger partial charge in [-0.25, -0.2) is 8.42 Å². The zero-order valence-electron chi connectivity index (χ0n) is 15.8. The van der Waals surface area contributed by atoms with Crippen molar-refractivity contribution in [3.8, 4) is 0 Å². The van der Waals surface area contributed by atoms with E-state index in [-0.39, 0.29) is 16.8 Å². The number of morpholine rings is 1. The van der Waals surface area contributed by atoms with Gasteiger partial charge in [0.15, 0.2) is 0 Å². The Morgan fingerprint density at radius 1 is 1.18 bits per heavy atom. The molecule has 0 aromatic heterocycles. The van der Waals surface area contributed by atoms with Crippen LogP contribution in [-0.4, -0.2) is 44.9 Å². The summed E-state index contributed by atoms with van der Waals surface area (Å²) < 4.78 is 32.6. The first kappa shape index (κ1) is 20.8. The van der Waals surface area contributed by atoms with Crippen molar-refractivity contribution in [2.75, 3.05) is 26.3 Å². The van der Waals surface area contributed by atoms with Gasteiger partial charge in [-0.15, -0.1) is 0 Å². The molecule has 2 aromatic rings. The first-order valence-corrected chi connectivity index (χ1v) is 10.9. The number of ether oxygens (including phenoxy) is 1. The second-order valence-corrected chi connectivity index (χ2v) is 9.09. The molecule has 1 unspecified atom stereocenters. The van der Waals surface area contributed by atoms with Crippen LogP contribution in [0.5, 0.6) is 0 Å². The number of amides is 1. The van der Waals surface area contributed by atoms with Crippen LogP contribution in [-0.2, 0) is 14.8 Å². The molecule has 1 aliphatic heterocycles. The minimum absolute atomic E-state index is 0.150. The Labute approximate surface area is 170 Å². The van der Waals surface area contributed by atoms with Crippen molar-refractivity contribution in [1.82, 2.24) is 9.62 Å². The van der Waals surface area contributed by atoms with Gasteiger partial charge in [-0.3, -0.25) is 4.79 Å². The lowest BCUT2D eigenvalue weighted by Gasteiger charge is -2.26. The number of aryl methyl sites for hydroxylation is 1. The first-order valence-electron chi connectivity index (χ1n) is 9.04. The zero-order chi connectivity index (χ0) is 20.3. The maximum absolute atomic E-state index is 13.0. The van der Waals surface area contributed by atoms with Gasteiger partial charge in [-0.1, -0.05) is 29.8 Å². The first-order chi connectivity index (χ1) is 13.3. The molecule has 0 aliphatic carbocycles. The molecule has 1 aliphatic rings. The third-order valence-electron chi connectivity index (χ3n) is 4.73. The maximum atomic E-state index is 13.0. The van der Waals surface area contributed by atoms with Crippen molar-refractivity contribution in [2.45, 2.75) is 24.8 Å². The average molecular weight is 423 g/mol. The summed E-state index contributed by atoms with van der Waals surface area (Å²) in [4.78, 5) is 12.9. The second-order valence-electron chi connectivity index (χ2n) is 6.75. The SMILES string of the molecule is Cc1ccc(C(=O)NC(C)c2cccc(Cl)c2)cc1S(=O)(=O)N1CCOCC1. The van der Waals surface area contributed by atoms with E-state index in [4.69, 9.17) is 16.3 Å². The molecular formula is C20H23ClN2O4S. The van der Waals surface area contributed by atoms with Gasteiger partial charge in [0.05, 0.1) is 24.2 Å². The quantitative estimate of drug-likeness (QED) is 0.803. The summed E-state index contributed by atoms with van der Waals surface area (Å²) in [7, 11) is -3.68. The number of rotatable bonds is 5. The molecule has 3 rings (SSSR count). The summed E-state index contributed by atoms with van der Waals surface area (Å²) in [5, 5.41) is 3.48. The van der Waals surface area contributed by atoms with Gasteiger partial charge in [0, 0.05) is 23.7 Å². The Morgan fingerprint density at radius 2 is 1.89 bits per heavy atom. The normalized spacial score (nSPS) is 16.5. The highest BCUT2D eigenvalue weighted by Crippen LogP contribution is 2.23. The molecule has 1 saturated heterocycles. The summed E-state index contributed by atoms with van der Waals surface area (Å²) in [5.74, 6) is -0.342. The molecule has 28 heavy (non-hydrogen) atoms. The van der Waals surface area contributed by atoms with Crippen molar-refractivity contribution < 1.29 is 17.9 Å². The molecule has 1 heterocycles. The van der Waals surface area contributed by atoms with Crippen molar-refractivity contribution >= 4 is 27.5 Å². The van der Waals surface area contributed by atoms with Gasteiger partial charge in [-0.05, 0) is 49.2 Å². The smallest absolute Gasteiger partial charge is 0.251 e. The van der Waals surface area contributed by atoms with Crippen LogP contribution in [0.15, 0.2) is 47.4 Å². The molecule has 8 heteroatoms. The van der Waals surface area contributed by atoms with Gasteiger partial charge in [-0.2, -0.15) is 4.31 Å². The molecule has 150 valence electrons. The molecule has 1 atom stereocenters. The van der Waals surface area contributed by atoms with E-state index in [9.17, 15) is 13.2 Å². The summed E-state index contributed by atoms with van der Waals surface area (Å²) >= 11 is 6.01. The molecule has 1 N–H and O–H groups in total. The monoisotopic (exact) mass is 422 g/mol. The van der Waals surface area contributed by atoms with Gasteiger partial charge in [0.25, 0.3) is 5.91 Å². The fraction of sp³-hybridized carbons (Fsp3) is 0.350. The average Bonchev–Trinajstić information content (AvgIpc) is 2.68. The fourth-order valence-corrected chi connectivity index (χ4v) is 4.94. The van der Waals surface area contributed by atoms with Crippen molar-refractivity contribution in [3.05, 3.63) is 64.2 Å². The summed E-state index contributed by atoms with van der Waals surface area (Å²) in [6, 6.07) is 11.7. The van der Waals surface area contributed by atoms with E-state index in [0.717, 1.165) is 5.56 Å². The number of nitrogens with one attached hydrogen (secondary N) is 1. The largest absolute Gasteiger partial charge is 0.379 e. The minimum Gasteiger partial charge on any atom is -0.379 e. The molecule has 0 bridgehead atoms. The molecular weight excluding hydrogens is 400 g/mol. The molecule has 1 amide bonds. The van der Waals surface area contributed by atoms with E-state index in [0.29, 0.717) is 42.5 Å². The number of benzene rings is 2. The highest BCUT2D eigenvalue weighted by atomic mass is 35.5. The molecule has 1 fully saturated rings. The fourth-order valence-electron chi connectivity index (χ4n) is 3.08. The number of halogens is 1. The predicted octanol–water partition coefficient (Wildman–Crippen LogP) is 3.16. The Kier molecular flexibility index (Phi) is 6.40. The van der Waals surface area contributed by atoms with Gasteiger partial charge in [0.2, 0.25) is 10.0 Å². The Bertz CT molecular complexity index is 972. The molecule has 0 spiro atoms. The summed E-state index contributed by atoms with van der Waals surface area (Å²) in [6.07, 6.45) is 0. The zero-order valence-corrected chi connectivity index (χ0v) is 17.4. The topological polar surface area (TPSA) is 75.7 Å². The minimum atomic E-state index is -3.68. The number of nitrogens with zero attached hydrogens (tertiary/aromatic N) is 1. The van der Waals surface area contributed by atoms with Gasteiger partial charge >= 0.3 is 0 Å². The lowest BCUT2D eigenvalue weighted by atomic mass is 10.1. The van der Waals surface area contributed by atoms with Gasteiger partial charge in [0.1, 0.15) is 0 Å². The molecule has 6 nitrogen and oxygen atoms in total. The number of hydrogen-bond acceptors (Lipinski definition) is 4. The maximum Gasteiger partial charge on any atom is 0.251 e. The Morgan fingerprint density at radius 3 is 2.57 bits per heavy atom. The van der Waals surface area contributed by atoms with Crippen LogP contribution in [0.25, 0.3) is 0 Å². The van der Waals surface area contributed by atoms with Crippen LogP contribution in [0.2, 0.25) is 5.02 Å². The Balaban J connectivity index is 1.83. The van der Waals surface area contributed by atoms with Crippen LogP contribution >= 0.6 is 11.6 Å². The number of sulfonamides is 1. The van der Waals surface area contributed by atoms with Crippen LogP contribution in [0.1, 0.15) is 34.5 Å². The van der Waals surface area contributed by atoms with E-state index < -0.39 is 10.0 Å². The summed E-state index contributed by atoms with van der Waals surface area (Å²) in [6.45, 7) is 4.94. The highest BCUT2D eigenvalue weighted by Gasteiger charge is 2.28. The van der Waals surface area contributed by atoms with Crippen LogP contribution in [0, 0.1) is 6.92 Å². The van der Waals surface area contributed by atoms with E-state index in [1.54, 1.807) is 31.2 Å². The third kappa shape index (κ3) is 4.55. The van der Waals surface area contributed by atoms with E-state index >= 15 is 0 Å². The number of carbonyl (C=O) groups excluding carboxylic acids is 1.